The van der Waals surface area contributed by atoms with Crippen molar-refractivity contribution in [2.24, 2.45) is 23.7 Å². The fourth-order valence-electron chi connectivity index (χ4n) is 5.08. The van der Waals surface area contributed by atoms with Gasteiger partial charge in [-0.2, -0.15) is 0 Å². The first kappa shape index (κ1) is 11.0. The molecule has 0 aromatic carbocycles. The van der Waals surface area contributed by atoms with Crippen LogP contribution >= 0.6 is 46.4 Å². The van der Waals surface area contributed by atoms with Gasteiger partial charge in [0.1, 0.15) is 9.21 Å². The Labute approximate surface area is 116 Å². The van der Waals surface area contributed by atoms with Crippen LogP contribution in [0.4, 0.5) is 0 Å². The maximum atomic E-state index is 6.99. The molecule has 0 amide bonds. The van der Waals surface area contributed by atoms with E-state index in [-0.39, 0.29) is 10.8 Å². The van der Waals surface area contributed by atoms with E-state index < -0.39 is 9.21 Å². The zero-order chi connectivity index (χ0) is 11.3. The summed E-state index contributed by atoms with van der Waals surface area (Å²) in [5.41, 5.74) is 0. The van der Waals surface area contributed by atoms with Crippen molar-refractivity contribution in [1.29, 1.82) is 0 Å². The third-order valence-electron chi connectivity index (χ3n) is 5.78. The van der Waals surface area contributed by atoms with Crippen molar-refractivity contribution in [2.75, 3.05) is 0 Å². The first-order valence-corrected chi connectivity index (χ1v) is 7.71. The molecule has 90 valence electrons. The first-order valence-electron chi connectivity index (χ1n) is 6.19. The van der Waals surface area contributed by atoms with Gasteiger partial charge in [0, 0.05) is 5.92 Å². The molecule has 0 saturated heterocycles. The molecule has 6 unspecified atom stereocenters. The minimum Gasteiger partial charge on any atom is -0.117 e. The smallest absolute Gasteiger partial charge is 0.117 e. The van der Waals surface area contributed by atoms with E-state index >= 15 is 0 Å². The van der Waals surface area contributed by atoms with Crippen LogP contribution in [0.2, 0.25) is 0 Å². The quantitative estimate of drug-likeness (QED) is 0.574. The molecular formula is C12H14Cl4. The summed E-state index contributed by atoms with van der Waals surface area (Å²) in [5.74, 6) is 2.11. The fourth-order valence-corrected chi connectivity index (χ4v) is 7.63. The van der Waals surface area contributed by atoms with E-state index in [0.717, 1.165) is 12.3 Å². The minimum absolute atomic E-state index is 0.218. The van der Waals surface area contributed by atoms with Gasteiger partial charge in [-0.3, -0.25) is 0 Å². The molecule has 0 N–H and O–H groups in total. The molecule has 0 spiro atoms. The molecule has 0 aromatic heterocycles. The lowest BCUT2D eigenvalue weighted by Crippen LogP contribution is -2.45. The van der Waals surface area contributed by atoms with Crippen LogP contribution in [0.25, 0.3) is 0 Å². The second-order valence-corrected chi connectivity index (χ2v) is 8.73. The summed E-state index contributed by atoms with van der Waals surface area (Å²) in [6.07, 6.45) is 6.13. The molecule has 0 nitrogen and oxygen atoms in total. The first-order chi connectivity index (χ1) is 7.44. The fraction of sp³-hybridized carbons (Fsp3) is 1.00. The summed E-state index contributed by atoms with van der Waals surface area (Å²) in [5, 5.41) is 0. The molecular weight excluding hydrogens is 286 g/mol. The van der Waals surface area contributed by atoms with Gasteiger partial charge in [0.05, 0.1) is 4.87 Å². The van der Waals surface area contributed by atoms with Gasteiger partial charge in [-0.05, 0) is 37.0 Å². The van der Waals surface area contributed by atoms with Crippen molar-refractivity contribution < 1.29 is 0 Å². The highest BCUT2D eigenvalue weighted by Gasteiger charge is 2.90. The summed E-state index contributed by atoms with van der Waals surface area (Å²) < 4.78 is -0.774. The van der Waals surface area contributed by atoms with Crippen LogP contribution in [0.5, 0.6) is 0 Å². The Balaban J connectivity index is 1.83. The molecule has 0 radical (unpaired) electrons. The second-order valence-electron chi connectivity index (χ2n) is 6.12. The average molecular weight is 300 g/mol. The van der Waals surface area contributed by atoms with Crippen molar-refractivity contribution in [3.63, 3.8) is 0 Å². The SMILES string of the molecule is ClC1(Cl)C2CC3C4CCCC(C4)C3(Cl)C21Cl. The summed E-state index contributed by atoms with van der Waals surface area (Å²) in [7, 11) is 0. The van der Waals surface area contributed by atoms with Gasteiger partial charge in [-0.15, -0.1) is 23.2 Å². The van der Waals surface area contributed by atoms with Crippen molar-refractivity contribution >= 4 is 46.4 Å². The Hall–Kier alpha value is 1.16. The van der Waals surface area contributed by atoms with Gasteiger partial charge in [-0.1, -0.05) is 36.0 Å². The predicted octanol–water partition coefficient (Wildman–Crippen LogP) is 4.59. The Morgan fingerprint density at radius 1 is 0.938 bits per heavy atom. The number of rotatable bonds is 0. The van der Waals surface area contributed by atoms with E-state index in [9.17, 15) is 0 Å². The van der Waals surface area contributed by atoms with E-state index in [1.807, 2.05) is 0 Å². The Kier molecular flexibility index (Phi) is 1.96. The predicted molar refractivity (Wildman–Crippen MR) is 68.7 cm³/mol. The molecule has 4 rings (SSSR count). The van der Waals surface area contributed by atoms with E-state index in [1.165, 1.54) is 25.7 Å². The highest BCUT2D eigenvalue weighted by atomic mass is 35.5. The minimum atomic E-state index is -0.774. The van der Waals surface area contributed by atoms with Crippen molar-refractivity contribution in [1.82, 2.24) is 0 Å². The highest BCUT2D eigenvalue weighted by molar-refractivity contribution is 6.60. The molecule has 0 heterocycles. The maximum absolute atomic E-state index is 6.99. The summed E-state index contributed by atoms with van der Waals surface area (Å²) in [4.78, 5) is -0.858. The maximum Gasteiger partial charge on any atom is 0.144 e. The largest absolute Gasteiger partial charge is 0.144 e. The summed E-state index contributed by atoms with van der Waals surface area (Å²) >= 11 is 26.4. The monoisotopic (exact) mass is 298 g/mol. The van der Waals surface area contributed by atoms with Crippen LogP contribution in [0.3, 0.4) is 0 Å². The van der Waals surface area contributed by atoms with Crippen LogP contribution in [-0.4, -0.2) is 14.1 Å². The van der Waals surface area contributed by atoms with Crippen LogP contribution in [0.15, 0.2) is 0 Å². The second kappa shape index (κ2) is 2.84. The van der Waals surface area contributed by atoms with Crippen molar-refractivity contribution in [2.45, 2.75) is 46.2 Å². The van der Waals surface area contributed by atoms with Crippen LogP contribution in [0, 0.1) is 23.7 Å². The van der Waals surface area contributed by atoms with E-state index in [1.54, 1.807) is 0 Å². The topological polar surface area (TPSA) is 0 Å². The van der Waals surface area contributed by atoms with Gasteiger partial charge < -0.3 is 0 Å². The van der Waals surface area contributed by atoms with E-state index in [2.05, 4.69) is 0 Å². The lowest BCUT2D eigenvalue weighted by Gasteiger charge is -2.36. The Morgan fingerprint density at radius 3 is 2.44 bits per heavy atom. The molecule has 0 aliphatic heterocycles. The molecule has 4 fully saturated rings. The Bertz CT molecular complexity index is 368. The number of alkyl halides is 4. The van der Waals surface area contributed by atoms with Crippen LogP contribution in [-0.2, 0) is 0 Å². The summed E-state index contributed by atoms with van der Waals surface area (Å²) in [6, 6.07) is 0. The number of fused-ring (bicyclic) bond motifs is 7. The average Bonchev–Trinajstić information content (AvgIpc) is 2.51. The van der Waals surface area contributed by atoms with Gasteiger partial charge in [-0.25, -0.2) is 0 Å². The lowest BCUT2D eigenvalue weighted by molar-refractivity contribution is 0.312. The normalized spacial score (nSPS) is 65.2. The van der Waals surface area contributed by atoms with Crippen molar-refractivity contribution in [3.8, 4) is 0 Å². The zero-order valence-electron chi connectivity index (χ0n) is 8.86. The lowest BCUT2D eigenvalue weighted by atomic mass is 9.84. The molecule has 6 atom stereocenters. The van der Waals surface area contributed by atoms with Gasteiger partial charge in [0.2, 0.25) is 0 Å². The zero-order valence-corrected chi connectivity index (χ0v) is 11.9. The molecule has 0 aromatic rings. The molecule has 4 heteroatoms. The van der Waals surface area contributed by atoms with Gasteiger partial charge in [0.25, 0.3) is 0 Å². The van der Waals surface area contributed by atoms with Gasteiger partial charge in [0.15, 0.2) is 0 Å². The third-order valence-corrected chi connectivity index (χ3v) is 8.96. The molecule has 4 saturated carbocycles. The van der Waals surface area contributed by atoms with Crippen molar-refractivity contribution in [3.05, 3.63) is 0 Å². The molecule has 4 aliphatic carbocycles. The standard InChI is InChI=1S/C12H14Cl4/c13-10-7-3-1-2-6(4-7)8(10)5-9-11(10,14)12(9,15)16/h6-9H,1-5H2. The molecule has 16 heavy (non-hydrogen) atoms. The number of halogens is 4. The highest BCUT2D eigenvalue weighted by Crippen LogP contribution is 2.85. The Morgan fingerprint density at radius 2 is 1.69 bits per heavy atom. The number of hydrogen-bond donors (Lipinski definition) is 0. The molecule has 2 bridgehead atoms. The number of hydrogen-bond acceptors (Lipinski definition) is 0. The third kappa shape index (κ3) is 0.868. The van der Waals surface area contributed by atoms with E-state index in [0.29, 0.717) is 11.8 Å². The van der Waals surface area contributed by atoms with E-state index in [4.69, 9.17) is 46.4 Å². The summed E-state index contributed by atoms with van der Waals surface area (Å²) in [6.45, 7) is 0. The van der Waals surface area contributed by atoms with Crippen LogP contribution in [0.1, 0.15) is 32.1 Å². The molecule has 4 aliphatic rings. The van der Waals surface area contributed by atoms with Crippen LogP contribution < -0.4 is 0 Å². The van der Waals surface area contributed by atoms with Gasteiger partial charge >= 0.3 is 0 Å².